The summed E-state index contributed by atoms with van der Waals surface area (Å²) in [5.74, 6) is 1.51. The van der Waals surface area contributed by atoms with Gasteiger partial charge in [0.05, 0.1) is 6.54 Å². The van der Waals surface area contributed by atoms with E-state index in [9.17, 15) is 4.79 Å². The van der Waals surface area contributed by atoms with Gasteiger partial charge in [-0.3, -0.25) is 9.79 Å². The highest BCUT2D eigenvalue weighted by atomic mass is 32.1. The molecule has 7 heteroatoms. The Kier molecular flexibility index (Phi) is 8.35. The molecule has 1 heterocycles. The second-order valence-electron chi connectivity index (χ2n) is 8.51. The number of carbonyl (C=O) groups excluding carboxylic acids is 1. The second-order valence-corrected chi connectivity index (χ2v) is 9.46. The van der Waals surface area contributed by atoms with Crippen LogP contribution in [0.5, 0.6) is 5.75 Å². The quantitative estimate of drug-likeness (QED) is 0.368. The van der Waals surface area contributed by atoms with E-state index in [0.717, 1.165) is 44.9 Å². The molecule has 168 valence electrons. The molecular weight excluding hydrogens is 408 g/mol. The molecule has 31 heavy (non-hydrogen) atoms. The van der Waals surface area contributed by atoms with Crippen molar-refractivity contribution in [2.24, 2.45) is 4.99 Å². The van der Waals surface area contributed by atoms with Gasteiger partial charge in [-0.05, 0) is 55.3 Å². The Balaban J connectivity index is 1.42. The largest absolute Gasteiger partial charge is 0.484 e. The monoisotopic (exact) mass is 442 g/mol. The van der Waals surface area contributed by atoms with Crippen LogP contribution in [-0.4, -0.2) is 44.1 Å². The Morgan fingerprint density at radius 1 is 1.19 bits per heavy atom. The number of guanidine groups is 1. The summed E-state index contributed by atoms with van der Waals surface area (Å²) in [6.07, 6.45) is 3.04. The number of nitrogens with one attached hydrogen (secondary N) is 3. The first-order valence-corrected chi connectivity index (χ1v) is 11.9. The van der Waals surface area contributed by atoms with Gasteiger partial charge in [-0.2, -0.15) is 0 Å². The van der Waals surface area contributed by atoms with E-state index >= 15 is 0 Å². The van der Waals surface area contributed by atoms with Crippen molar-refractivity contribution in [3.05, 3.63) is 52.2 Å². The van der Waals surface area contributed by atoms with E-state index in [-0.39, 0.29) is 17.9 Å². The fraction of sp³-hybridized carbons (Fsp3) is 0.500. The molecule has 1 aliphatic carbocycles. The lowest BCUT2D eigenvalue weighted by atomic mass is 9.92. The molecule has 0 bridgehead atoms. The fourth-order valence-electron chi connectivity index (χ4n) is 3.08. The van der Waals surface area contributed by atoms with E-state index in [0.29, 0.717) is 11.8 Å². The van der Waals surface area contributed by atoms with Crippen LogP contribution in [0.2, 0.25) is 0 Å². The number of hydrogen-bond acceptors (Lipinski definition) is 4. The van der Waals surface area contributed by atoms with Crippen molar-refractivity contribution >= 4 is 23.2 Å². The third-order valence-electron chi connectivity index (χ3n) is 5.11. The number of nitrogens with zero attached hydrogens (tertiary/aromatic N) is 1. The number of rotatable bonds is 11. The van der Waals surface area contributed by atoms with E-state index in [1.54, 1.807) is 11.3 Å². The molecule has 1 aromatic carbocycles. The van der Waals surface area contributed by atoms with Crippen LogP contribution < -0.4 is 20.7 Å². The predicted octanol–water partition coefficient (Wildman–Crippen LogP) is 3.48. The normalized spacial score (nSPS) is 14.2. The van der Waals surface area contributed by atoms with Gasteiger partial charge >= 0.3 is 0 Å². The standard InChI is InChI=1S/C24H34N4O2S/c1-4-25-23(27-17-24(2,3)21-6-5-15-31-21)26-14-13-18-7-11-20(12-8-18)30-16-22(29)28-19-9-10-19/h5-8,11-12,15,19H,4,9-10,13-14,16-17H2,1-3H3,(H,28,29)(H2,25,26,27). The molecule has 6 nitrogen and oxygen atoms in total. The van der Waals surface area contributed by atoms with Gasteiger partial charge in [0.1, 0.15) is 5.75 Å². The maximum Gasteiger partial charge on any atom is 0.258 e. The number of amides is 1. The first-order chi connectivity index (χ1) is 15.0. The lowest BCUT2D eigenvalue weighted by Gasteiger charge is -2.21. The second kappa shape index (κ2) is 11.2. The molecule has 2 aromatic rings. The average Bonchev–Trinajstić information content (AvgIpc) is 3.38. The molecule has 1 aromatic heterocycles. The molecule has 3 N–H and O–H groups in total. The highest BCUT2D eigenvalue weighted by Crippen LogP contribution is 2.27. The Hall–Kier alpha value is -2.54. The molecule has 0 atom stereocenters. The fourth-order valence-corrected chi connectivity index (χ4v) is 3.93. The minimum absolute atomic E-state index is 0.0158. The van der Waals surface area contributed by atoms with Crippen LogP contribution >= 0.6 is 11.3 Å². The third kappa shape index (κ3) is 7.90. The average molecular weight is 443 g/mol. The van der Waals surface area contributed by atoms with Crippen LogP contribution in [0.4, 0.5) is 0 Å². The van der Waals surface area contributed by atoms with Gasteiger partial charge in [0.25, 0.3) is 5.91 Å². The molecule has 3 rings (SSSR count). The molecule has 0 spiro atoms. The van der Waals surface area contributed by atoms with Gasteiger partial charge in [-0.15, -0.1) is 11.3 Å². The molecule has 0 unspecified atom stereocenters. The zero-order valence-electron chi connectivity index (χ0n) is 18.7. The lowest BCUT2D eigenvalue weighted by Crippen LogP contribution is -2.39. The number of ether oxygens (including phenoxy) is 1. The SMILES string of the molecule is CCNC(=NCC(C)(C)c1cccs1)NCCc1ccc(OCC(=O)NC2CC2)cc1. The Bertz CT molecular complexity index is 843. The van der Waals surface area contributed by atoms with Crippen LogP contribution in [0.15, 0.2) is 46.8 Å². The summed E-state index contributed by atoms with van der Waals surface area (Å²) >= 11 is 1.78. The zero-order valence-corrected chi connectivity index (χ0v) is 19.6. The zero-order chi connectivity index (χ0) is 22.1. The van der Waals surface area contributed by atoms with E-state index in [2.05, 4.69) is 54.2 Å². The number of aliphatic imine (C=N–C) groups is 1. The lowest BCUT2D eigenvalue weighted by molar-refractivity contribution is -0.123. The van der Waals surface area contributed by atoms with E-state index in [1.165, 1.54) is 10.4 Å². The molecule has 1 fully saturated rings. The van der Waals surface area contributed by atoms with E-state index < -0.39 is 0 Å². The van der Waals surface area contributed by atoms with Crippen LogP contribution in [0.1, 0.15) is 44.1 Å². The van der Waals surface area contributed by atoms with Crippen molar-refractivity contribution in [1.82, 2.24) is 16.0 Å². The van der Waals surface area contributed by atoms with Gasteiger partial charge in [0, 0.05) is 29.4 Å². The molecule has 0 radical (unpaired) electrons. The van der Waals surface area contributed by atoms with Crippen molar-refractivity contribution in [3.8, 4) is 5.75 Å². The summed E-state index contributed by atoms with van der Waals surface area (Å²) in [4.78, 5) is 17.9. The third-order valence-corrected chi connectivity index (χ3v) is 6.34. The van der Waals surface area contributed by atoms with E-state index in [4.69, 9.17) is 9.73 Å². The van der Waals surface area contributed by atoms with Gasteiger partial charge in [0.15, 0.2) is 12.6 Å². The number of hydrogen-bond donors (Lipinski definition) is 3. The first kappa shape index (κ1) is 23.1. The minimum atomic E-state index is -0.0479. The van der Waals surface area contributed by atoms with Crippen molar-refractivity contribution in [1.29, 1.82) is 0 Å². The summed E-state index contributed by atoms with van der Waals surface area (Å²) in [6.45, 7) is 8.94. The van der Waals surface area contributed by atoms with Crippen LogP contribution in [-0.2, 0) is 16.6 Å². The Labute approximate surface area is 189 Å². The number of carbonyl (C=O) groups is 1. The minimum Gasteiger partial charge on any atom is -0.484 e. The van der Waals surface area contributed by atoms with Crippen molar-refractivity contribution in [2.75, 3.05) is 26.2 Å². The summed E-state index contributed by atoms with van der Waals surface area (Å²) < 4.78 is 5.56. The predicted molar refractivity (Wildman–Crippen MR) is 128 cm³/mol. The van der Waals surface area contributed by atoms with Crippen molar-refractivity contribution in [3.63, 3.8) is 0 Å². The summed E-state index contributed by atoms with van der Waals surface area (Å²) in [5.41, 5.74) is 1.22. The van der Waals surface area contributed by atoms with Crippen LogP contribution in [0.3, 0.4) is 0 Å². The van der Waals surface area contributed by atoms with Crippen LogP contribution in [0.25, 0.3) is 0 Å². The molecular formula is C24H34N4O2S. The molecule has 1 saturated carbocycles. The van der Waals surface area contributed by atoms with Gasteiger partial charge in [-0.25, -0.2) is 0 Å². The van der Waals surface area contributed by atoms with Gasteiger partial charge < -0.3 is 20.7 Å². The van der Waals surface area contributed by atoms with Gasteiger partial charge in [-0.1, -0.05) is 32.0 Å². The number of benzene rings is 1. The van der Waals surface area contributed by atoms with Crippen molar-refractivity contribution < 1.29 is 9.53 Å². The highest BCUT2D eigenvalue weighted by Gasteiger charge is 2.23. The molecule has 0 aliphatic heterocycles. The first-order valence-electron chi connectivity index (χ1n) is 11.0. The van der Waals surface area contributed by atoms with Crippen LogP contribution in [0, 0.1) is 0 Å². The summed E-state index contributed by atoms with van der Waals surface area (Å²) in [7, 11) is 0. The maximum atomic E-state index is 11.7. The summed E-state index contributed by atoms with van der Waals surface area (Å²) in [5, 5.41) is 11.8. The maximum absolute atomic E-state index is 11.7. The number of thiophene rings is 1. The molecule has 1 aliphatic rings. The Morgan fingerprint density at radius 3 is 2.61 bits per heavy atom. The van der Waals surface area contributed by atoms with E-state index in [1.807, 2.05) is 24.3 Å². The molecule has 0 saturated heterocycles. The van der Waals surface area contributed by atoms with Crippen molar-refractivity contribution in [2.45, 2.75) is 51.5 Å². The smallest absolute Gasteiger partial charge is 0.258 e. The summed E-state index contributed by atoms with van der Waals surface area (Å²) in [6, 6.07) is 12.6. The van der Waals surface area contributed by atoms with Gasteiger partial charge in [0.2, 0.25) is 0 Å². The Morgan fingerprint density at radius 2 is 1.97 bits per heavy atom. The topological polar surface area (TPSA) is 74.8 Å². The molecule has 1 amide bonds. The highest BCUT2D eigenvalue weighted by molar-refractivity contribution is 7.10.